The molecule has 3 rings (SSSR count). The van der Waals surface area contributed by atoms with Gasteiger partial charge in [0.05, 0.1) is 20.6 Å². The van der Waals surface area contributed by atoms with Gasteiger partial charge in [0.15, 0.2) is 0 Å². The van der Waals surface area contributed by atoms with Crippen molar-refractivity contribution in [3.05, 3.63) is 85.9 Å². The summed E-state index contributed by atoms with van der Waals surface area (Å²) >= 11 is 22.3. The average Bonchev–Trinajstić information content (AvgIpc) is 3.53. The largest absolute Gasteiger partial charge is 0.450 e. The normalized spacial score (nSPS) is 15.7. The van der Waals surface area contributed by atoms with Gasteiger partial charge in [0.2, 0.25) is 0 Å². The molecule has 0 saturated carbocycles. The summed E-state index contributed by atoms with van der Waals surface area (Å²) in [5.74, 6) is -5.00. The molecule has 14 heteroatoms. The van der Waals surface area contributed by atoms with Gasteiger partial charge in [-0.3, -0.25) is 4.79 Å². The van der Waals surface area contributed by atoms with E-state index < -0.39 is 69.5 Å². The Morgan fingerprint density at radius 1 is 1.08 bits per heavy atom. The zero-order valence-corrected chi connectivity index (χ0v) is 22.0. The van der Waals surface area contributed by atoms with Gasteiger partial charge in [0.1, 0.15) is 28.9 Å². The highest BCUT2D eigenvalue weighted by Crippen LogP contribution is 2.43. The SMILES string of the molecule is CC1(OC(=O)CNC(=S)c2ccc(/C(F)=C/C(c3cc(Cl)c(Cl)c(Cl)c3)C(F)(F)F)cc2C(F)(F)F)C=C1. The number of thiocarbonyl (C=S) groups is 1. The fraction of sp³-hybridized carbons (Fsp3) is 0.250. The summed E-state index contributed by atoms with van der Waals surface area (Å²) in [6.07, 6.45) is -6.84. The molecule has 204 valence electrons. The summed E-state index contributed by atoms with van der Waals surface area (Å²) in [7, 11) is 0. The van der Waals surface area contributed by atoms with E-state index in [4.69, 9.17) is 51.8 Å². The van der Waals surface area contributed by atoms with Crippen molar-refractivity contribution >= 4 is 63.8 Å². The summed E-state index contributed by atoms with van der Waals surface area (Å²) in [5.41, 5.74) is -4.26. The minimum atomic E-state index is -5.07. The average molecular weight is 621 g/mol. The number of allylic oxidation sites excluding steroid dienone is 1. The molecule has 0 fully saturated rings. The number of hydrogen-bond acceptors (Lipinski definition) is 3. The van der Waals surface area contributed by atoms with Crippen LogP contribution in [0.4, 0.5) is 30.7 Å². The van der Waals surface area contributed by atoms with Crippen molar-refractivity contribution in [2.45, 2.75) is 30.8 Å². The summed E-state index contributed by atoms with van der Waals surface area (Å²) in [5, 5.41) is 1.47. The Labute approximate surface area is 232 Å². The first-order valence-electron chi connectivity index (χ1n) is 10.4. The van der Waals surface area contributed by atoms with Gasteiger partial charge in [-0.15, -0.1) is 0 Å². The molecule has 2 aromatic rings. The number of ether oxygens (including phenoxy) is 1. The van der Waals surface area contributed by atoms with Crippen molar-refractivity contribution in [1.29, 1.82) is 0 Å². The van der Waals surface area contributed by atoms with Crippen LogP contribution in [0, 0.1) is 0 Å². The van der Waals surface area contributed by atoms with Gasteiger partial charge in [-0.1, -0.05) is 59.2 Å². The predicted molar refractivity (Wildman–Crippen MR) is 134 cm³/mol. The first-order valence-corrected chi connectivity index (χ1v) is 12.0. The van der Waals surface area contributed by atoms with Crippen LogP contribution < -0.4 is 5.32 Å². The van der Waals surface area contributed by atoms with Gasteiger partial charge in [-0.05, 0) is 48.9 Å². The van der Waals surface area contributed by atoms with Gasteiger partial charge in [0.25, 0.3) is 0 Å². The molecular weight excluding hydrogens is 606 g/mol. The van der Waals surface area contributed by atoms with E-state index in [1.165, 1.54) is 0 Å². The number of alkyl halides is 6. The number of carbonyl (C=O) groups excluding carboxylic acids is 1. The molecule has 0 spiro atoms. The van der Waals surface area contributed by atoms with E-state index in [1.807, 2.05) is 0 Å². The van der Waals surface area contributed by atoms with Gasteiger partial charge in [-0.25, -0.2) is 4.39 Å². The zero-order chi connectivity index (χ0) is 28.6. The molecule has 1 aliphatic carbocycles. The molecule has 1 aliphatic rings. The number of carbonyl (C=O) groups is 1. The highest BCUT2D eigenvalue weighted by atomic mass is 35.5. The van der Waals surface area contributed by atoms with Gasteiger partial charge in [0, 0.05) is 11.1 Å². The lowest BCUT2D eigenvalue weighted by molar-refractivity contribution is -0.147. The van der Waals surface area contributed by atoms with Crippen LogP contribution in [0.5, 0.6) is 0 Å². The molecular formula is C24H15Cl3F7NO2S. The number of nitrogens with one attached hydrogen (secondary N) is 1. The van der Waals surface area contributed by atoms with E-state index in [2.05, 4.69) is 5.32 Å². The summed E-state index contributed by atoms with van der Waals surface area (Å²) < 4.78 is 103. The first kappa shape index (κ1) is 30.2. The lowest BCUT2D eigenvalue weighted by atomic mass is 9.95. The Kier molecular flexibility index (Phi) is 8.77. The Morgan fingerprint density at radius 3 is 2.16 bits per heavy atom. The lowest BCUT2D eigenvalue weighted by Gasteiger charge is -2.19. The molecule has 0 aromatic heterocycles. The number of halogens is 10. The summed E-state index contributed by atoms with van der Waals surface area (Å²) in [6, 6.07) is 3.59. The van der Waals surface area contributed by atoms with E-state index >= 15 is 0 Å². The number of esters is 1. The van der Waals surface area contributed by atoms with Crippen LogP contribution in [0.1, 0.15) is 35.1 Å². The lowest BCUT2D eigenvalue weighted by Crippen LogP contribution is -2.33. The van der Waals surface area contributed by atoms with Crippen molar-refractivity contribution in [2.75, 3.05) is 6.54 Å². The summed E-state index contributed by atoms with van der Waals surface area (Å²) in [4.78, 5) is 11.3. The molecule has 0 heterocycles. The topological polar surface area (TPSA) is 38.3 Å². The maximum atomic E-state index is 15.0. The van der Waals surface area contributed by atoms with Crippen molar-refractivity contribution < 1.29 is 40.3 Å². The van der Waals surface area contributed by atoms with Crippen molar-refractivity contribution in [3.63, 3.8) is 0 Å². The van der Waals surface area contributed by atoms with E-state index in [1.54, 1.807) is 19.1 Å². The Bertz CT molecular complexity index is 1310. The van der Waals surface area contributed by atoms with E-state index in [0.717, 1.165) is 24.3 Å². The van der Waals surface area contributed by atoms with Gasteiger partial charge < -0.3 is 10.1 Å². The third-order valence-electron chi connectivity index (χ3n) is 5.24. The second-order valence-electron chi connectivity index (χ2n) is 8.26. The Hall–Kier alpha value is -2.34. The Balaban J connectivity index is 1.92. The zero-order valence-electron chi connectivity index (χ0n) is 18.9. The first-order chi connectivity index (χ1) is 17.4. The number of benzene rings is 2. The fourth-order valence-electron chi connectivity index (χ4n) is 3.22. The molecule has 0 saturated heterocycles. The van der Waals surface area contributed by atoms with E-state index in [0.29, 0.717) is 6.07 Å². The maximum Gasteiger partial charge on any atom is 0.417 e. The molecule has 1 unspecified atom stereocenters. The Morgan fingerprint density at radius 2 is 1.66 bits per heavy atom. The molecule has 0 amide bonds. The molecule has 0 aliphatic heterocycles. The second-order valence-corrected chi connectivity index (χ2v) is 9.87. The van der Waals surface area contributed by atoms with Gasteiger partial charge in [-0.2, -0.15) is 26.3 Å². The second kappa shape index (κ2) is 11.0. The van der Waals surface area contributed by atoms with Crippen LogP contribution in [-0.2, 0) is 15.7 Å². The molecule has 0 radical (unpaired) electrons. The monoisotopic (exact) mass is 619 g/mol. The van der Waals surface area contributed by atoms with Crippen LogP contribution in [0.25, 0.3) is 5.83 Å². The standard InChI is InChI=1S/C24H15Cl3F7NO2S/c1-22(4-5-22)37-19(36)10-35-21(38)13-3-2-11(6-15(13)24(32,33)34)18(28)9-14(23(29,30)31)12-7-16(25)20(27)17(26)8-12/h2-9,14H,10H2,1H3,(H,35,38)/b18-9-. The third-order valence-corrected chi connectivity index (χ3v) is 6.80. The van der Waals surface area contributed by atoms with Crippen LogP contribution in [-0.4, -0.2) is 29.3 Å². The number of hydrogen-bond donors (Lipinski definition) is 1. The predicted octanol–water partition coefficient (Wildman–Crippen LogP) is 8.46. The maximum absolute atomic E-state index is 15.0. The molecule has 38 heavy (non-hydrogen) atoms. The van der Waals surface area contributed by atoms with Gasteiger partial charge >= 0.3 is 18.3 Å². The third kappa shape index (κ3) is 7.40. The highest BCUT2D eigenvalue weighted by molar-refractivity contribution is 7.80. The highest BCUT2D eigenvalue weighted by Gasteiger charge is 2.41. The molecule has 0 bridgehead atoms. The molecule has 1 atom stereocenters. The van der Waals surface area contributed by atoms with E-state index in [9.17, 15) is 35.5 Å². The van der Waals surface area contributed by atoms with Crippen molar-refractivity contribution in [2.24, 2.45) is 0 Å². The molecule has 3 nitrogen and oxygen atoms in total. The van der Waals surface area contributed by atoms with Crippen molar-refractivity contribution in [3.8, 4) is 0 Å². The fourth-order valence-corrected chi connectivity index (χ4v) is 4.08. The van der Waals surface area contributed by atoms with Crippen LogP contribution in [0.3, 0.4) is 0 Å². The van der Waals surface area contributed by atoms with Crippen molar-refractivity contribution in [1.82, 2.24) is 5.32 Å². The van der Waals surface area contributed by atoms with E-state index in [-0.39, 0.29) is 21.1 Å². The number of rotatable bonds is 7. The minimum Gasteiger partial charge on any atom is -0.450 e. The minimum absolute atomic E-state index is 0.101. The summed E-state index contributed by atoms with van der Waals surface area (Å²) in [6.45, 7) is 1.04. The van der Waals surface area contributed by atoms with Crippen LogP contribution in [0.15, 0.2) is 48.6 Å². The smallest absolute Gasteiger partial charge is 0.417 e. The van der Waals surface area contributed by atoms with Crippen LogP contribution >= 0.6 is 47.0 Å². The van der Waals surface area contributed by atoms with Crippen LogP contribution in [0.2, 0.25) is 15.1 Å². The molecule has 2 aromatic carbocycles. The quantitative estimate of drug-likeness (QED) is 0.111. The molecule has 1 N–H and O–H groups in total.